The Morgan fingerprint density at radius 2 is 2.00 bits per heavy atom. The summed E-state index contributed by atoms with van der Waals surface area (Å²) in [5.41, 5.74) is 8.60. The summed E-state index contributed by atoms with van der Waals surface area (Å²) in [7, 11) is 1.83. The minimum atomic E-state index is 0.465. The molecule has 4 rings (SSSR count). The first-order valence-corrected chi connectivity index (χ1v) is 7.96. The lowest BCUT2D eigenvalue weighted by atomic mass is 10.1. The van der Waals surface area contributed by atoms with Gasteiger partial charge in [0.25, 0.3) is 0 Å². The van der Waals surface area contributed by atoms with Gasteiger partial charge in [-0.25, -0.2) is 9.97 Å². The van der Waals surface area contributed by atoms with Crippen LogP contribution in [0.5, 0.6) is 0 Å². The Balaban J connectivity index is 1.78. The highest BCUT2D eigenvalue weighted by molar-refractivity contribution is 5.96. The fraction of sp³-hybridized carbons (Fsp3) is 0.278. The average molecular weight is 318 g/mol. The van der Waals surface area contributed by atoms with Crippen LogP contribution in [0.3, 0.4) is 0 Å². The third-order valence-electron chi connectivity index (χ3n) is 4.17. The summed E-state index contributed by atoms with van der Waals surface area (Å²) in [6.45, 7) is 2.07. The van der Waals surface area contributed by atoms with Crippen molar-refractivity contribution in [3.05, 3.63) is 41.5 Å². The lowest BCUT2D eigenvalue weighted by Crippen LogP contribution is -1.98. The van der Waals surface area contributed by atoms with Gasteiger partial charge in [0.1, 0.15) is 17.3 Å². The topological polar surface area (TPSA) is 81.7 Å². The van der Waals surface area contributed by atoms with Crippen molar-refractivity contribution in [1.82, 2.24) is 19.7 Å². The largest absolute Gasteiger partial charge is 0.384 e. The summed E-state index contributed by atoms with van der Waals surface area (Å²) in [6, 6.07) is 4.41. The number of anilines is 2. The molecule has 6 nitrogen and oxygen atoms in total. The van der Waals surface area contributed by atoms with Crippen LogP contribution < -0.4 is 11.1 Å². The van der Waals surface area contributed by atoms with Gasteiger partial charge in [-0.3, -0.25) is 4.68 Å². The maximum atomic E-state index is 5.84. The van der Waals surface area contributed by atoms with Crippen molar-refractivity contribution in [2.75, 3.05) is 18.1 Å². The first-order chi connectivity index (χ1) is 11.7. The molecule has 3 N–H and O–H groups in total. The SMILES string of the molecule is CNc1ncc(C#Cc2cc(C)n(C3CC3)n2)c2cc(N)ncc12. The highest BCUT2D eigenvalue weighted by Gasteiger charge is 2.25. The van der Waals surface area contributed by atoms with Crippen molar-refractivity contribution in [3.63, 3.8) is 0 Å². The van der Waals surface area contributed by atoms with E-state index >= 15 is 0 Å². The van der Waals surface area contributed by atoms with Crippen molar-refractivity contribution < 1.29 is 0 Å². The van der Waals surface area contributed by atoms with E-state index in [-0.39, 0.29) is 0 Å². The normalized spacial score (nSPS) is 13.6. The molecular formula is C18H18N6. The maximum absolute atomic E-state index is 5.84. The van der Waals surface area contributed by atoms with Crippen molar-refractivity contribution >= 4 is 22.4 Å². The lowest BCUT2D eigenvalue weighted by Gasteiger charge is -2.06. The molecule has 3 aromatic rings. The second-order valence-corrected chi connectivity index (χ2v) is 6.02. The molecule has 0 aromatic carbocycles. The summed E-state index contributed by atoms with van der Waals surface area (Å²) in [5.74, 6) is 7.56. The van der Waals surface area contributed by atoms with Gasteiger partial charge in [0.15, 0.2) is 0 Å². The van der Waals surface area contributed by atoms with E-state index < -0.39 is 0 Å². The Morgan fingerprint density at radius 3 is 2.75 bits per heavy atom. The molecule has 0 spiro atoms. The van der Waals surface area contributed by atoms with E-state index in [1.165, 1.54) is 12.8 Å². The Morgan fingerprint density at radius 1 is 1.17 bits per heavy atom. The zero-order chi connectivity index (χ0) is 16.7. The zero-order valence-electron chi connectivity index (χ0n) is 13.7. The molecule has 0 atom stereocenters. The zero-order valence-corrected chi connectivity index (χ0v) is 13.7. The smallest absolute Gasteiger partial charge is 0.135 e. The van der Waals surface area contributed by atoms with Crippen LogP contribution in [0.4, 0.5) is 11.6 Å². The van der Waals surface area contributed by atoms with Crippen molar-refractivity contribution in [1.29, 1.82) is 0 Å². The summed E-state index contributed by atoms with van der Waals surface area (Å²) in [4.78, 5) is 8.56. The predicted octanol–water partition coefficient (Wildman–Crippen LogP) is 2.49. The maximum Gasteiger partial charge on any atom is 0.135 e. The van der Waals surface area contributed by atoms with Crippen LogP contribution in [-0.2, 0) is 0 Å². The van der Waals surface area contributed by atoms with Crippen molar-refractivity contribution in [2.45, 2.75) is 25.8 Å². The standard InChI is InChI=1S/C18H18N6/c1-11-7-13(23-24(11)14-5-6-14)4-3-12-9-22-18(20-2)16-10-21-17(19)8-15(12)16/h7-10,14H,5-6H2,1-2H3,(H2,19,21)(H,20,22). The molecule has 24 heavy (non-hydrogen) atoms. The molecule has 1 fully saturated rings. The van der Waals surface area contributed by atoms with E-state index in [2.05, 4.69) is 43.8 Å². The van der Waals surface area contributed by atoms with E-state index in [9.17, 15) is 0 Å². The summed E-state index contributed by atoms with van der Waals surface area (Å²) >= 11 is 0. The van der Waals surface area contributed by atoms with Crippen LogP contribution >= 0.6 is 0 Å². The lowest BCUT2D eigenvalue weighted by molar-refractivity contribution is 0.620. The molecule has 6 heteroatoms. The summed E-state index contributed by atoms with van der Waals surface area (Å²) in [6.07, 6.45) is 5.90. The van der Waals surface area contributed by atoms with E-state index in [4.69, 9.17) is 5.73 Å². The number of aryl methyl sites for hydroxylation is 1. The number of hydrogen-bond acceptors (Lipinski definition) is 5. The summed E-state index contributed by atoms with van der Waals surface area (Å²) in [5, 5.41) is 9.50. The van der Waals surface area contributed by atoms with Gasteiger partial charge in [0, 0.05) is 35.9 Å². The fourth-order valence-electron chi connectivity index (χ4n) is 2.82. The van der Waals surface area contributed by atoms with Crippen molar-refractivity contribution in [2.24, 2.45) is 0 Å². The van der Waals surface area contributed by atoms with Crippen LogP contribution in [0.15, 0.2) is 24.5 Å². The number of nitrogens with one attached hydrogen (secondary N) is 1. The van der Waals surface area contributed by atoms with Gasteiger partial charge in [-0.05, 0) is 37.8 Å². The molecule has 1 aliphatic rings. The molecule has 1 saturated carbocycles. The van der Waals surface area contributed by atoms with Crippen molar-refractivity contribution in [3.8, 4) is 11.8 Å². The second-order valence-electron chi connectivity index (χ2n) is 6.02. The number of aromatic nitrogens is 4. The van der Waals surface area contributed by atoms with E-state index in [0.29, 0.717) is 11.9 Å². The van der Waals surface area contributed by atoms with E-state index in [1.54, 1.807) is 12.4 Å². The Kier molecular flexibility index (Phi) is 3.35. The molecule has 0 amide bonds. The quantitative estimate of drug-likeness (QED) is 0.710. The van der Waals surface area contributed by atoms with Gasteiger partial charge in [0.05, 0.1) is 11.6 Å². The van der Waals surface area contributed by atoms with Gasteiger partial charge >= 0.3 is 0 Å². The number of nitrogen functional groups attached to an aromatic ring is 1. The van der Waals surface area contributed by atoms with E-state index in [0.717, 1.165) is 33.5 Å². The number of pyridine rings is 2. The Bertz CT molecular complexity index is 988. The first kappa shape index (κ1) is 14.5. The highest BCUT2D eigenvalue weighted by Crippen LogP contribution is 2.35. The van der Waals surface area contributed by atoms with Crippen LogP contribution in [0.25, 0.3) is 10.8 Å². The van der Waals surface area contributed by atoms with Crippen LogP contribution in [0.2, 0.25) is 0 Å². The van der Waals surface area contributed by atoms with Crippen LogP contribution in [-0.4, -0.2) is 26.8 Å². The first-order valence-electron chi connectivity index (χ1n) is 7.96. The molecule has 120 valence electrons. The van der Waals surface area contributed by atoms with Gasteiger partial charge in [-0.2, -0.15) is 5.10 Å². The Hall–Kier alpha value is -3.07. The highest BCUT2D eigenvalue weighted by atomic mass is 15.3. The minimum Gasteiger partial charge on any atom is -0.384 e. The second kappa shape index (κ2) is 5.53. The van der Waals surface area contributed by atoms with Gasteiger partial charge in [-0.1, -0.05) is 5.92 Å². The van der Waals surface area contributed by atoms with Crippen LogP contribution in [0.1, 0.15) is 35.8 Å². The third-order valence-corrected chi connectivity index (χ3v) is 4.17. The number of hydrogen-bond donors (Lipinski definition) is 2. The average Bonchev–Trinajstić information content (AvgIpc) is 3.35. The molecule has 3 heterocycles. The van der Waals surface area contributed by atoms with Gasteiger partial charge in [0.2, 0.25) is 0 Å². The number of nitrogens with two attached hydrogens (primary N) is 1. The third kappa shape index (κ3) is 2.54. The molecule has 1 aliphatic carbocycles. The predicted molar refractivity (Wildman–Crippen MR) is 94.7 cm³/mol. The van der Waals surface area contributed by atoms with E-state index in [1.807, 2.05) is 19.2 Å². The van der Waals surface area contributed by atoms with Gasteiger partial charge in [-0.15, -0.1) is 0 Å². The molecule has 0 unspecified atom stereocenters. The molecule has 0 bridgehead atoms. The van der Waals surface area contributed by atoms with Crippen LogP contribution in [0, 0.1) is 18.8 Å². The Labute approximate surface area is 140 Å². The molecular weight excluding hydrogens is 300 g/mol. The number of fused-ring (bicyclic) bond motifs is 1. The summed E-state index contributed by atoms with van der Waals surface area (Å²) < 4.78 is 2.08. The molecule has 0 saturated heterocycles. The molecule has 0 aliphatic heterocycles. The molecule has 3 aromatic heterocycles. The molecule has 0 radical (unpaired) electrons. The number of rotatable bonds is 2. The fourth-order valence-corrected chi connectivity index (χ4v) is 2.82. The van der Waals surface area contributed by atoms with Gasteiger partial charge < -0.3 is 11.1 Å². The number of nitrogens with zero attached hydrogens (tertiary/aromatic N) is 4. The minimum absolute atomic E-state index is 0.465. The monoisotopic (exact) mass is 318 g/mol.